The van der Waals surface area contributed by atoms with Gasteiger partial charge in [0.2, 0.25) is 0 Å². The molecule has 0 amide bonds. The van der Waals surface area contributed by atoms with Crippen LogP contribution in [0, 0.1) is 11.7 Å². The van der Waals surface area contributed by atoms with Crippen molar-refractivity contribution < 1.29 is 9.13 Å². The van der Waals surface area contributed by atoms with Crippen LogP contribution >= 0.6 is 15.9 Å². The minimum atomic E-state index is -0.246. The van der Waals surface area contributed by atoms with Gasteiger partial charge in [-0.25, -0.2) is 4.39 Å². The van der Waals surface area contributed by atoms with Gasteiger partial charge in [-0.2, -0.15) is 0 Å². The first-order valence-electron chi connectivity index (χ1n) is 5.36. The van der Waals surface area contributed by atoms with Crippen LogP contribution in [-0.4, -0.2) is 19.7 Å². The van der Waals surface area contributed by atoms with Crippen LogP contribution in [0.15, 0.2) is 16.6 Å². The van der Waals surface area contributed by atoms with Crippen molar-refractivity contribution in [2.45, 2.75) is 20.0 Å². The van der Waals surface area contributed by atoms with Crippen LogP contribution in [0.1, 0.15) is 13.8 Å². The smallest absolute Gasteiger partial charge is 0.157 e. The van der Waals surface area contributed by atoms with Gasteiger partial charge in [-0.15, -0.1) is 0 Å². The lowest BCUT2D eigenvalue weighted by atomic mass is 10.0. The number of benzene rings is 1. The Morgan fingerprint density at radius 1 is 1.50 bits per heavy atom. The zero-order chi connectivity index (χ0) is 11.9. The molecule has 0 fully saturated rings. The Hall–Kier alpha value is -0.770. The van der Waals surface area contributed by atoms with Gasteiger partial charge in [-0.05, 0) is 27.9 Å². The highest BCUT2D eigenvalue weighted by Gasteiger charge is 2.27. The lowest BCUT2D eigenvalue weighted by molar-refractivity contribution is 0.146. The summed E-state index contributed by atoms with van der Waals surface area (Å²) < 4.78 is 19.8. The van der Waals surface area contributed by atoms with Crippen LogP contribution in [0.25, 0.3) is 0 Å². The Kier molecular flexibility index (Phi) is 3.10. The lowest BCUT2D eigenvalue weighted by Gasteiger charge is -2.36. The quantitative estimate of drug-likeness (QED) is 0.785. The predicted molar refractivity (Wildman–Crippen MR) is 66.6 cm³/mol. The molecule has 16 heavy (non-hydrogen) atoms. The topological polar surface area (TPSA) is 12.5 Å². The van der Waals surface area contributed by atoms with E-state index in [0.29, 0.717) is 10.4 Å². The van der Waals surface area contributed by atoms with E-state index in [0.717, 1.165) is 18.0 Å². The number of rotatable bonds is 1. The highest BCUT2D eigenvalue weighted by molar-refractivity contribution is 9.10. The molecule has 88 valence electrons. The van der Waals surface area contributed by atoms with Crippen molar-refractivity contribution in [2.24, 2.45) is 5.92 Å². The van der Waals surface area contributed by atoms with E-state index in [1.54, 1.807) is 0 Å². The second-order valence-corrected chi connectivity index (χ2v) is 5.37. The Balaban J connectivity index is 2.42. The van der Waals surface area contributed by atoms with Crippen molar-refractivity contribution in [3.63, 3.8) is 0 Å². The number of halogens is 2. The summed E-state index contributed by atoms with van der Waals surface area (Å²) in [6, 6.07) is 2.95. The fourth-order valence-corrected chi connectivity index (χ4v) is 2.37. The molecule has 0 N–H and O–H groups in total. The molecule has 0 saturated heterocycles. The van der Waals surface area contributed by atoms with E-state index in [1.165, 1.54) is 12.1 Å². The summed E-state index contributed by atoms with van der Waals surface area (Å²) in [6.07, 6.45) is 0.152. The highest BCUT2D eigenvalue weighted by atomic mass is 79.9. The van der Waals surface area contributed by atoms with E-state index in [1.807, 2.05) is 11.9 Å². The molecule has 0 spiro atoms. The third-order valence-electron chi connectivity index (χ3n) is 2.87. The van der Waals surface area contributed by atoms with Gasteiger partial charge in [0, 0.05) is 13.1 Å². The maximum atomic E-state index is 13.3. The maximum Gasteiger partial charge on any atom is 0.157 e. The lowest BCUT2D eigenvalue weighted by Crippen LogP contribution is -2.40. The van der Waals surface area contributed by atoms with Crippen molar-refractivity contribution >= 4 is 21.6 Å². The van der Waals surface area contributed by atoms with E-state index in [-0.39, 0.29) is 11.9 Å². The number of fused-ring (bicyclic) bond motifs is 1. The molecular weight excluding hydrogens is 273 g/mol. The van der Waals surface area contributed by atoms with Crippen LogP contribution in [0.5, 0.6) is 5.75 Å². The number of ether oxygens (including phenoxy) is 1. The summed E-state index contributed by atoms with van der Waals surface area (Å²) >= 11 is 3.35. The fourth-order valence-electron chi connectivity index (χ4n) is 1.85. The molecule has 0 aliphatic carbocycles. The maximum absolute atomic E-state index is 13.3. The molecule has 1 aliphatic rings. The minimum Gasteiger partial charge on any atom is -0.485 e. The van der Waals surface area contributed by atoms with Crippen LogP contribution in [-0.2, 0) is 0 Å². The van der Waals surface area contributed by atoms with Crippen molar-refractivity contribution in [3.05, 3.63) is 22.4 Å². The van der Waals surface area contributed by atoms with E-state index in [9.17, 15) is 4.39 Å². The van der Waals surface area contributed by atoms with Crippen LogP contribution < -0.4 is 9.64 Å². The monoisotopic (exact) mass is 287 g/mol. The molecule has 0 saturated carbocycles. The summed E-state index contributed by atoms with van der Waals surface area (Å²) in [5, 5.41) is 0. The fraction of sp³-hybridized carbons (Fsp3) is 0.500. The van der Waals surface area contributed by atoms with Gasteiger partial charge in [0.25, 0.3) is 0 Å². The number of nitrogens with zero attached hydrogens (tertiary/aromatic N) is 1. The average molecular weight is 288 g/mol. The molecule has 1 aromatic carbocycles. The molecule has 4 heteroatoms. The Labute approximate surface area is 104 Å². The summed E-state index contributed by atoms with van der Waals surface area (Å²) in [5.41, 5.74) is 0.809. The summed E-state index contributed by atoms with van der Waals surface area (Å²) in [4.78, 5) is 2.04. The molecule has 0 aromatic heterocycles. The number of hydrogen-bond donors (Lipinski definition) is 0. The van der Waals surface area contributed by atoms with Gasteiger partial charge in [0.1, 0.15) is 11.9 Å². The normalized spacial score (nSPS) is 19.6. The van der Waals surface area contributed by atoms with Gasteiger partial charge < -0.3 is 9.64 Å². The molecule has 0 bridgehead atoms. The first-order valence-corrected chi connectivity index (χ1v) is 6.15. The molecule has 1 aromatic rings. The third-order valence-corrected chi connectivity index (χ3v) is 3.46. The molecule has 2 nitrogen and oxygen atoms in total. The van der Waals surface area contributed by atoms with E-state index in [2.05, 4.69) is 29.8 Å². The predicted octanol–water partition coefficient (Wildman–Crippen LogP) is 3.44. The van der Waals surface area contributed by atoms with Crippen molar-refractivity contribution in [2.75, 3.05) is 18.5 Å². The van der Waals surface area contributed by atoms with Crippen molar-refractivity contribution in [1.29, 1.82) is 0 Å². The molecule has 2 rings (SSSR count). The first-order chi connectivity index (χ1) is 7.49. The van der Waals surface area contributed by atoms with Gasteiger partial charge in [0.15, 0.2) is 5.75 Å². The van der Waals surface area contributed by atoms with Gasteiger partial charge >= 0.3 is 0 Å². The molecule has 1 heterocycles. The van der Waals surface area contributed by atoms with Crippen molar-refractivity contribution in [1.82, 2.24) is 0 Å². The van der Waals surface area contributed by atoms with Crippen molar-refractivity contribution in [3.8, 4) is 5.75 Å². The second-order valence-electron chi connectivity index (χ2n) is 4.52. The molecule has 1 atom stereocenters. The summed E-state index contributed by atoms with van der Waals surface area (Å²) in [5.74, 6) is 0.936. The molecule has 0 radical (unpaired) electrons. The minimum absolute atomic E-state index is 0.152. The zero-order valence-electron chi connectivity index (χ0n) is 9.63. The largest absolute Gasteiger partial charge is 0.485 e. The number of hydrogen-bond acceptors (Lipinski definition) is 2. The number of anilines is 1. The van der Waals surface area contributed by atoms with Gasteiger partial charge in [0.05, 0.1) is 16.7 Å². The summed E-state index contributed by atoms with van der Waals surface area (Å²) in [7, 11) is 1.96. The average Bonchev–Trinajstić information content (AvgIpc) is 2.19. The van der Waals surface area contributed by atoms with E-state index in [4.69, 9.17) is 4.74 Å². The second kappa shape index (κ2) is 4.24. The Morgan fingerprint density at radius 2 is 2.19 bits per heavy atom. The zero-order valence-corrected chi connectivity index (χ0v) is 11.2. The van der Waals surface area contributed by atoms with Gasteiger partial charge in [-0.3, -0.25) is 0 Å². The van der Waals surface area contributed by atoms with Crippen LogP contribution in [0.3, 0.4) is 0 Å². The highest BCUT2D eigenvalue weighted by Crippen LogP contribution is 2.40. The number of likely N-dealkylation sites (N-methyl/N-ethyl adjacent to an activating group) is 1. The molecule has 1 aliphatic heterocycles. The standard InChI is InChI=1S/C12H15BrFNO/c1-7(2)11-6-15(3)10-5-8(14)4-9(13)12(10)16-11/h4-5,7,11H,6H2,1-3H3. The molecular formula is C12H15BrFNO. The first kappa shape index (κ1) is 11.7. The van der Waals surface area contributed by atoms with Crippen LogP contribution in [0.4, 0.5) is 10.1 Å². The molecule has 1 unspecified atom stereocenters. The van der Waals surface area contributed by atoms with E-state index < -0.39 is 0 Å². The van der Waals surface area contributed by atoms with Crippen LogP contribution in [0.2, 0.25) is 0 Å². The Morgan fingerprint density at radius 3 is 2.81 bits per heavy atom. The summed E-state index contributed by atoms with van der Waals surface area (Å²) in [6.45, 7) is 5.04. The third kappa shape index (κ3) is 2.03. The van der Waals surface area contributed by atoms with E-state index >= 15 is 0 Å². The SMILES string of the molecule is CC(C)C1CN(C)c2cc(F)cc(Br)c2O1. The van der Waals surface area contributed by atoms with Gasteiger partial charge in [-0.1, -0.05) is 13.8 Å². The Bertz CT molecular complexity index is 408.